The van der Waals surface area contributed by atoms with Gasteiger partial charge in [-0.1, -0.05) is 0 Å². The predicted octanol–water partition coefficient (Wildman–Crippen LogP) is 5.03. The van der Waals surface area contributed by atoms with Crippen LogP contribution in [-0.2, 0) is 4.79 Å². The van der Waals surface area contributed by atoms with Crippen molar-refractivity contribution in [2.24, 2.45) is 0 Å². The molecule has 0 aliphatic rings. The molecule has 0 unspecified atom stereocenters. The van der Waals surface area contributed by atoms with Crippen LogP contribution in [0.1, 0.15) is 6.92 Å². The second-order valence-corrected chi connectivity index (χ2v) is 5.82. The number of carbonyl (C=O) groups is 1. The number of carbonyl (C=O) groups excluding carboxylic acids is 1. The van der Waals surface area contributed by atoms with Crippen molar-refractivity contribution >= 4 is 11.6 Å². The molecule has 0 saturated heterocycles. The standard InChI is InChI=1S/C22H20FNO4/c1-2-26-18-11-13-21(14-12-18)28-20-9-5-17(6-10-20)24-22(25)15-27-19-7-3-16(23)4-8-19/h3-14H,2,15H2,1H3,(H,24,25). The minimum atomic E-state index is -0.357. The van der Waals surface area contributed by atoms with E-state index in [1.807, 2.05) is 31.2 Å². The number of rotatable bonds is 8. The van der Waals surface area contributed by atoms with E-state index < -0.39 is 0 Å². The Morgan fingerprint density at radius 1 is 0.786 bits per heavy atom. The molecule has 144 valence electrons. The van der Waals surface area contributed by atoms with Gasteiger partial charge in [-0.25, -0.2) is 4.39 Å². The Morgan fingerprint density at radius 3 is 1.89 bits per heavy atom. The molecule has 0 fully saturated rings. The topological polar surface area (TPSA) is 56.8 Å². The van der Waals surface area contributed by atoms with Gasteiger partial charge in [0.2, 0.25) is 0 Å². The zero-order chi connectivity index (χ0) is 19.8. The Labute approximate surface area is 162 Å². The maximum atomic E-state index is 12.8. The van der Waals surface area contributed by atoms with Crippen molar-refractivity contribution in [3.05, 3.63) is 78.6 Å². The molecular weight excluding hydrogens is 361 g/mol. The van der Waals surface area contributed by atoms with Crippen molar-refractivity contribution in [1.29, 1.82) is 0 Å². The summed E-state index contributed by atoms with van der Waals surface area (Å²) in [7, 11) is 0. The summed E-state index contributed by atoms with van der Waals surface area (Å²) in [5.41, 5.74) is 0.617. The molecule has 0 spiro atoms. The van der Waals surface area contributed by atoms with E-state index in [4.69, 9.17) is 14.2 Å². The predicted molar refractivity (Wildman–Crippen MR) is 105 cm³/mol. The zero-order valence-electron chi connectivity index (χ0n) is 15.4. The fourth-order valence-electron chi connectivity index (χ4n) is 2.39. The molecule has 0 bridgehead atoms. The monoisotopic (exact) mass is 381 g/mol. The average Bonchev–Trinajstić information content (AvgIpc) is 2.71. The lowest BCUT2D eigenvalue weighted by molar-refractivity contribution is -0.118. The van der Waals surface area contributed by atoms with Gasteiger partial charge in [-0.3, -0.25) is 4.79 Å². The highest BCUT2D eigenvalue weighted by atomic mass is 19.1. The van der Waals surface area contributed by atoms with Crippen molar-refractivity contribution < 1.29 is 23.4 Å². The number of nitrogens with one attached hydrogen (secondary N) is 1. The third-order valence-electron chi connectivity index (χ3n) is 3.69. The normalized spacial score (nSPS) is 10.2. The highest BCUT2D eigenvalue weighted by molar-refractivity contribution is 5.91. The second-order valence-electron chi connectivity index (χ2n) is 5.82. The minimum Gasteiger partial charge on any atom is -0.494 e. The number of halogens is 1. The van der Waals surface area contributed by atoms with E-state index in [1.165, 1.54) is 24.3 Å². The number of hydrogen-bond acceptors (Lipinski definition) is 4. The Morgan fingerprint density at radius 2 is 1.29 bits per heavy atom. The molecule has 3 aromatic rings. The Kier molecular flexibility index (Phi) is 6.46. The van der Waals surface area contributed by atoms with Crippen LogP contribution in [0.3, 0.4) is 0 Å². The Balaban J connectivity index is 1.49. The molecule has 0 saturated carbocycles. The minimum absolute atomic E-state index is 0.171. The third kappa shape index (κ3) is 5.74. The molecule has 0 atom stereocenters. The SMILES string of the molecule is CCOc1ccc(Oc2ccc(NC(=O)COc3ccc(F)cc3)cc2)cc1. The van der Waals surface area contributed by atoms with E-state index in [0.717, 1.165) is 5.75 Å². The van der Waals surface area contributed by atoms with Gasteiger partial charge in [0.25, 0.3) is 5.91 Å². The van der Waals surface area contributed by atoms with Gasteiger partial charge in [-0.15, -0.1) is 0 Å². The van der Waals surface area contributed by atoms with Gasteiger partial charge >= 0.3 is 0 Å². The van der Waals surface area contributed by atoms with Gasteiger partial charge < -0.3 is 19.5 Å². The van der Waals surface area contributed by atoms with Crippen LogP contribution in [-0.4, -0.2) is 19.1 Å². The van der Waals surface area contributed by atoms with Crippen LogP contribution in [0.4, 0.5) is 10.1 Å². The lowest BCUT2D eigenvalue weighted by atomic mass is 10.3. The highest BCUT2D eigenvalue weighted by Crippen LogP contribution is 2.25. The molecule has 1 amide bonds. The molecule has 1 N–H and O–H groups in total. The van der Waals surface area contributed by atoms with E-state index >= 15 is 0 Å². The Bertz CT molecular complexity index is 893. The first-order valence-electron chi connectivity index (χ1n) is 8.81. The molecule has 0 aromatic heterocycles. The highest BCUT2D eigenvalue weighted by Gasteiger charge is 2.05. The first-order valence-corrected chi connectivity index (χ1v) is 8.81. The lowest BCUT2D eigenvalue weighted by Crippen LogP contribution is -2.20. The number of amides is 1. The van der Waals surface area contributed by atoms with Crippen LogP contribution in [0.25, 0.3) is 0 Å². The first-order chi connectivity index (χ1) is 13.6. The molecular formula is C22H20FNO4. The molecule has 0 aliphatic heterocycles. The van der Waals surface area contributed by atoms with E-state index in [1.54, 1.807) is 24.3 Å². The largest absolute Gasteiger partial charge is 0.494 e. The molecule has 0 heterocycles. The molecule has 0 radical (unpaired) electrons. The van der Waals surface area contributed by atoms with Gasteiger partial charge in [0.05, 0.1) is 6.61 Å². The molecule has 0 aliphatic carbocycles. The fourth-order valence-corrected chi connectivity index (χ4v) is 2.39. The van der Waals surface area contributed by atoms with Crippen LogP contribution in [0, 0.1) is 5.82 Å². The van der Waals surface area contributed by atoms with Crippen molar-refractivity contribution in [1.82, 2.24) is 0 Å². The average molecular weight is 381 g/mol. The summed E-state index contributed by atoms with van der Waals surface area (Å²) < 4.78 is 29.3. The summed E-state index contributed by atoms with van der Waals surface area (Å²) in [5, 5.41) is 2.73. The van der Waals surface area contributed by atoms with Crippen molar-refractivity contribution in [2.45, 2.75) is 6.92 Å². The van der Waals surface area contributed by atoms with Crippen LogP contribution in [0.2, 0.25) is 0 Å². The molecule has 3 rings (SSSR count). The van der Waals surface area contributed by atoms with Gasteiger partial charge in [0.15, 0.2) is 6.61 Å². The first kappa shape index (κ1) is 19.2. The lowest BCUT2D eigenvalue weighted by Gasteiger charge is -2.10. The molecule has 3 aromatic carbocycles. The fraction of sp³-hybridized carbons (Fsp3) is 0.136. The summed E-state index contributed by atoms with van der Waals surface area (Å²) in [4.78, 5) is 12.0. The van der Waals surface area contributed by atoms with Crippen LogP contribution < -0.4 is 19.5 Å². The van der Waals surface area contributed by atoms with Gasteiger partial charge in [-0.05, 0) is 79.7 Å². The second kappa shape index (κ2) is 9.41. The third-order valence-corrected chi connectivity index (χ3v) is 3.69. The summed E-state index contributed by atoms with van der Waals surface area (Å²) in [5.74, 6) is 1.87. The summed E-state index contributed by atoms with van der Waals surface area (Å²) in [6, 6.07) is 19.8. The van der Waals surface area contributed by atoms with Gasteiger partial charge in [0.1, 0.15) is 28.8 Å². The number of anilines is 1. The summed E-state index contributed by atoms with van der Waals surface area (Å²) >= 11 is 0. The van der Waals surface area contributed by atoms with Crippen LogP contribution in [0.15, 0.2) is 72.8 Å². The molecule has 6 heteroatoms. The molecule has 28 heavy (non-hydrogen) atoms. The van der Waals surface area contributed by atoms with Gasteiger partial charge in [-0.2, -0.15) is 0 Å². The summed E-state index contributed by atoms with van der Waals surface area (Å²) in [6.07, 6.45) is 0. The number of hydrogen-bond donors (Lipinski definition) is 1. The van der Waals surface area contributed by atoms with Crippen molar-refractivity contribution in [3.63, 3.8) is 0 Å². The quantitative estimate of drug-likeness (QED) is 0.594. The Hall–Kier alpha value is -3.54. The molecule has 5 nitrogen and oxygen atoms in total. The summed E-state index contributed by atoms with van der Waals surface area (Å²) in [6.45, 7) is 2.37. The smallest absolute Gasteiger partial charge is 0.262 e. The maximum Gasteiger partial charge on any atom is 0.262 e. The van der Waals surface area contributed by atoms with Crippen molar-refractivity contribution in [3.8, 4) is 23.0 Å². The van der Waals surface area contributed by atoms with Crippen molar-refractivity contribution in [2.75, 3.05) is 18.5 Å². The van der Waals surface area contributed by atoms with Crippen LogP contribution >= 0.6 is 0 Å². The number of benzene rings is 3. The number of ether oxygens (including phenoxy) is 3. The van der Waals surface area contributed by atoms with E-state index in [-0.39, 0.29) is 18.3 Å². The van der Waals surface area contributed by atoms with E-state index in [9.17, 15) is 9.18 Å². The maximum absolute atomic E-state index is 12.8. The van der Waals surface area contributed by atoms with Crippen LogP contribution in [0.5, 0.6) is 23.0 Å². The van der Waals surface area contributed by atoms with Gasteiger partial charge in [0, 0.05) is 5.69 Å². The zero-order valence-corrected chi connectivity index (χ0v) is 15.4. The van der Waals surface area contributed by atoms with E-state index in [2.05, 4.69) is 5.32 Å². The van der Waals surface area contributed by atoms with E-state index in [0.29, 0.717) is 29.5 Å².